The van der Waals surface area contributed by atoms with Crippen LogP contribution in [0, 0.1) is 11.2 Å². The monoisotopic (exact) mass is 370 g/mol. The summed E-state index contributed by atoms with van der Waals surface area (Å²) >= 11 is 1.16. The molecule has 0 bridgehead atoms. The summed E-state index contributed by atoms with van der Waals surface area (Å²) in [6.07, 6.45) is 0.316. The molecule has 0 spiro atoms. The van der Waals surface area contributed by atoms with Gasteiger partial charge < -0.3 is 15.7 Å². The van der Waals surface area contributed by atoms with Crippen molar-refractivity contribution in [3.8, 4) is 0 Å². The van der Waals surface area contributed by atoms with Crippen molar-refractivity contribution in [1.82, 2.24) is 5.32 Å². The molecule has 0 heterocycles. The van der Waals surface area contributed by atoms with Crippen LogP contribution >= 0.6 is 11.8 Å². The van der Waals surface area contributed by atoms with Gasteiger partial charge >= 0.3 is 5.97 Å². The van der Waals surface area contributed by atoms with Crippen molar-refractivity contribution in [1.29, 1.82) is 0 Å². The summed E-state index contributed by atoms with van der Waals surface area (Å²) in [4.78, 5) is 34.8. The maximum Gasteiger partial charge on any atom is 0.309 e. The number of hydrogen-bond donors (Lipinski definition) is 3. The van der Waals surface area contributed by atoms with Gasteiger partial charge in [0.15, 0.2) is 0 Å². The van der Waals surface area contributed by atoms with Crippen LogP contribution in [-0.2, 0) is 14.4 Å². The molecule has 6 nitrogen and oxygen atoms in total. The first-order valence-corrected chi connectivity index (χ1v) is 8.85. The van der Waals surface area contributed by atoms with Crippen molar-refractivity contribution >= 4 is 35.2 Å². The summed E-state index contributed by atoms with van der Waals surface area (Å²) in [5.41, 5.74) is -0.418. The Hall–Kier alpha value is -2.09. The molecular formula is C17H23FN2O4S. The van der Waals surface area contributed by atoms with Gasteiger partial charge in [-0.3, -0.25) is 14.4 Å². The highest BCUT2D eigenvalue weighted by Crippen LogP contribution is 2.19. The van der Waals surface area contributed by atoms with E-state index in [1.54, 1.807) is 20.8 Å². The number of rotatable bonds is 9. The molecule has 1 aromatic carbocycles. The minimum absolute atomic E-state index is 0.0760. The Morgan fingerprint density at radius 3 is 2.40 bits per heavy atom. The normalized spacial score (nSPS) is 12.3. The van der Waals surface area contributed by atoms with E-state index in [0.29, 0.717) is 12.1 Å². The molecule has 0 aliphatic rings. The molecule has 0 fully saturated rings. The number of hydrogen-bond acceptors (Lipinski definition) is 4. The highest BCUT2D eigenvalue weighted by Gasteiger charge is 2.27. The summed E-state index contributed by atoms with van der Waals surface area (Å²) in [5, 5.41) is 13.9. The summed E-state index contributed by atoms with van der Waals surface area (Å²) in [6.45, 7) is 5.12. The van der Waals surface area contributed by atoms with Crippen molar-refractivity contribution in [2.24, 2.45) is 5.41 Å². The molecule has 8 heteroatoms. The average molecular weight is 370 g/mol. The summed E-state index contributed by atoms with van der Waals surface area (Å²) in [6, 6.07) is 5.41. The second-order valence-electron chi connectivity index (χ2n) is 6.24. The largest absolute Gasteiger partial charge is 0.481 e. The Morgan fingerprint density at radius 2 is 1.84 bits per heavy atom. The summed E-state index contributed by atoms with van der Waals surface area (Å²) in [7, 11) is 0. The Balaban J connectivity index is 2.31. The van der Waals surface area contributed by atoms with Crippen LogP contribution in [-0.4, -0.2) is 40.4 Å². The predicted octanol–water partition coefficient (Wildman–Crippen LogP) is 2.50. The van der Waals surface area contributed by atoms with Crippen LogP contribution in [0.15, 0.2) is 24.3 Å². The summed E-state index contributed by atoms with van der Waals surface area (Å²) in [5.74, 6) is -1.76. The van der Waals surface area contributed by atoms with E-state index < -0.39 is 16.6 Å². The molecule has 1 atom stereocenters. The fourth-order valence-corrected chi connectivity index (χ4v) is 2.46. The van der Waals surface area contributed by atoms with Gasteiger partial charge in [-0.15, -0.1) is 11.8 Å². The zero-order valence-electron chi connectivity index (χ0n) is 14.5. The first kappa shape index (κ1) is 21.0. The number of halogens is 1. The number of thioether (sulfide) groups is 1. The van der Waals surface area contributed by atoms with Gasteiger partial charge in [0, 0.05) is 12.2 Å². The molecule has 25 heavy (non-hydrogen) atoms. The van der Waals surface area contributed by atoms with Crippen LogP contribution in [0.3, 0.4) is 0 Å². The maximum atomic E-state index is 12.8. The number of nitrogens with one attached hydrogen (secondary N) is 2. The number of aliphatic carboxylic acids is 1. The lowest BCUT2D eigenvalue weighted by atomic mass is 9.90. The smallest absolute Gasteiger partial charge is 0.309 e. The molecule has 0 aliphatic heterocycles. The zero-order valence-corrected chi connectivity index (χ0v) is 15.3. The molecule has 2 amide bonds. The predicted molar refractivity (Wildman–Crippen MR) is 96.0 cm³/mol. The fourth-order valence-electron chi connectivity index (χ4n) is 1.76. The molecule has 3 N–H and O–H groups in total. The summed E-state index contributed by atoms with van der Waals surface area (Å²) < 4.78 is 12.8. The second kappa shape index (κ2) is 9.41. The SMILES string of the molecule is CC(SCC(=O)Nc1ccc(F)cc1)C(=O)NCCC(C)(C)C(=O)O. The average Bonchev–Trinajstić information content (AvgIpc) is 2.54. The van der Waals surface area contributed by atoms with E-state index in [-0.39, 0.29) is 29.9 Å². The van der Waals surface area contributed by atoms with Gasteiger partial charge in [-0.2, -0.15) is 0 Å². The molecule has 1 aromatic rings. The number of carboxylic acids is 1. The van der Waals surface area contributed by atoms with Crippen molar-refractivity contribution in [3.63, 3.8) is 0 Å². The van der Waals surface area contributed by atoms with Crippen LogP contribution in [0.25, 0.3) is 0 Å². The minimum atomic E-state index is -0.915. The lowest BCUT2D eigenvalue weighted by Crippen LogP contribution is -2.36. The van der Waals surface area contributed by atoms with Crippen LogP contribution in [0.2, 0.25) is 0 Å². The third-order valence-corrected chi connectivity index (χ3v) is 4.73. The highest BCUT2D eigenvalue weighted by molar-refractivity contribution is 8.01. The van der Waals surface area contributed by atoms with E-state index in [2.05, 4.69) is 10.6 Å². The molecule has 0 saturated heterocycles. The van der Waals surface area contributed by atoms with E-state index in [1.807, 2.05) is 0 Å². The van der Waals surface area contributed by atoms with Crippen LogP contribution in [0.1, 0.15) is 27.2 Å². The maximum absolute atomic E-state index is 12.8. The molecule has 138 valence electrons. The first-order valence-electron chi connectivity index (χ1n) is 7.80. The molecule has 0 aromatic heterocycles. The molecular weight excluding hydrogens is 347 g/mol. The van der Waals surface area contributed by atoms with Gasteiger partial charge in [-0.05, 0) is 51.5 Å². The highest BCUT2D eigenvalue weighted by atomic mass is 32.2. The number of carbonyl (C=O) groups excluding carboxylic acids is 2. The van der Waals surface area contributed by atoms with Crippen LogP contribution < -0.4 is 10.6 Å². The Kier molecular flexibility index (Phi) is 7.89. The quantitative estimate of drug-likeness (QED) is 0.621. The van der Waals surface area contributed by atoms with Gasteiger partial charge in [0.05, 0.1) is 16.4 Å². The van der Waals surface area contributed by atoms with E-state index >= 15 is 0 Å². The molecule has 0 aliphatic carbocycles. The lowest BCUT2D eigenvalue weighted by molar-refractivity contribution is -0.147. The van der Waals surface area contributed by atoms with Crippen LogP contribution in [0.4, 0.5) is 10.1 Å². The number of carbonyl (C=O) groups is 3. The van der Waals surface area contributed by atoms with E-state index in [9.17, 15) is 18.8 Å². The van der Waals surface area contributed by atoms with Crippen molar-refractivity contribution in [2.75, 3.05) is 17.6 Å². The number of anilines is 1. The zero-order chi connectivity index (χ0) is 19.0. The Morgan fingerprint density at radius 1 is 1.24 bits per heavy atom. The first-order chi connectivity index (χ1) is 11.6. The fraction of sp³-hybridized carbons (Fsp3) is 0.471. The van der Waals surface area contributed by atoms with Crippen LogP contribution in [0.5, 0.6) is 0 Å². The standard InChI is InChI=1S/C17H23FN2O4S/c1-11(15(22)19-9-8-17(2,3)16(23)24)25-10-14(21)20-13-6-4-12(18)5-7-13/h4-7,11H,8-10H2,1-3H3,(H,19,22)(H,20,21)(H,23,24). The van der Waals surface area contributed by atoms with E-state index in [0.717, 1.165) is 11.8 Å². The van der Waals surface area contributed by atoms with E-state index in [1.165, 1.54) is 24.3 Å². The van der Waals surface area contributed by atoms with Gasteiger partial charge in [-0.25, -0.2) is 4.39 Å². The van der Waals surface area contributed by atoms with Gasteiger partial charge in [0.2, 0.25) is 11.8 Å². The molecule has 0 saturated carbocycles. The van der Waals surface area contributed by atoms with Gasteiger partial charge in [-0.1, -0.05) is 0 Å². The molecule has 1 unspecified atom stereocenters. The minimum Gasteiger partial charge on any atom is -0.481 e. The topological polar surface area (TPSA) is 95.5 Å². The molecule has 0 radical (unpaired) electrons. The number of benzene rings is 1. The van der Waals surface area contributed by atoms with Gasteiger partial charge in [0.25, 0.3) is 0 Å². The van der Waals surface area contributed by atoms with Crippen molar-refractivity contribution in [2.45, 2.75) is 32.4 Å². The van der Waals surface area contributed by atoms with E-state index in [4.69, 9.17) is 5.11 Å². The third kappa shape index (κ3) is 7.55. The second-order valence-corrected chi connectivity index (χ2v) is 7.57. The molecule has 1 rings (SSSR count). The number of amides is 2. The van der Waals surface area contributed by atoms with Crippen molar-refractivity contribution < 1.29 is 23.9 Å². The third-order valence-electron chi connectivity index (χ3n) is 3.59. The Bertz CT molecular complexity index is 620. The Labute approximate surface area is 150 Å². The van der Waals surface area contributed by atoms with Gasteiger partial charge in [0.1, 0.15) is 5.82 Å². The van der Waals surface area contributed by atoms with Crippen molar-refractivity contribution in [3.05, 3.63) is 30.1 Å². The number of carboxylic acid groups (broad SMARTS) is 1. The lowest BCUT2D eigenvalue weighted by Gasteiger charge is -2.19.